The Hall–Kier alpha value is -1.26. The van der Waals surface area contributed by atoms with Gasteiger partial charge in [0.25, 0.3) is 0 Å². The van der Waals surface area contributed by atoms with Crippen LogP contribution in [-0.4, -0.2) is 35.2 Å². The van der Waals surface area contributed by atoms with Crippen LogP contribution in [0.25, 0.3) is 0 Å². The van der Waals surface area contributed by atoms with Gasteiger partial charge in [0.15, 0.2) is 0 Å². The van der Waals surface area contributed by atoms with Crippen LogP contribution in [-0.2, 0) is 4.79 Å². The minimum atomic E-state index is -0.726. The maximum atomic E-state index is 11.8. The van der Waals surface area contributed by atoms with E-state index in [-0.39, 0.29) is 6.04 Å². The largest absolute Gasteiger partial charge is 0.494 e. The molecule has 0 saturated carbocycles. The van der Waals surface area contributed by atoms with Gasteiger partial charge in [0.05, 0.1) is 6.61 Å². The molecule has 5 heteroatoms. The van der Waals surface area contributed by atoms with Gasteiger partial charge in [-0.2, -0.15) is 0 Å². The second-order valence-corrected chi connectivity index (χ2v) is 6.80. The molecule has 1 heterocycles. The lowest BCUT2D eigenvalue weighted by Gasteiger charge is -2.40. The van der Waals surface area contributed by atoms with Crippen LogP contribution in [0.1, 0.15) is 64.0 Å². The highest BCUT2D eigenvalue weighted by atomic mass is 35.5. The first-order valence-corrected chi connectivity index (χ1v) is 9.37. The van der Waals surface area contributed by atoms with Crippen molar-refractivity contribution < 1.29 is 14.6 Å². The number of hydrogen-bond acceptors (Lipinski definition) is 3. The number of carbonyl (C=O) groups is 1. The summed E-state index contributed by atoms with van der Waals surface area (Å²) < 4.78 is 5.81. The molecular formula is C19H28ClNO3. The predicted octanol–water partition coefficient (Wildman–Crippen LogP) is 4.91. The topological polar surface area (TPSA) is 49.8 Å². The van der Waals surface area contributed by atoms with Gasteiger partial charge in [-0.15, -0.1) is 0 Å². The van der Waals surface area contributed by atoms with Crippen molar-refractivity contribution in [1.29, 1.82) is 0 Å². The van der Waals surface area contributed by atoms with Gasteiger partial charge in [-0.3, -0.25) is 9.69 Å². The van der Waals surface area contributed by atoms with E-state index in [1.54, 1.807) is 0 Å². The van der Waals surface area contributed by atoms with Gasteiger partial charge >= 0.3 is 5.97 Å². The molecule has 0 radical (unpaired) electrons. The van der Waals surface area contributed by atoms with Crippen LogP contribution in [0.15, 0.2) is 18.2 Å². The summed E-state index contributed by atoms with van der Waals surface area (Å²) in [7, 11) is 0. The summed E-state index contributed by atoms with van der Waals surface area (Å²) in [6, 6.07) is 5.29. The number of unbranched alkanes of at least 4 members (excludes halogenated alkanes) is 1. The van der Waals surface area contributed by atoms with Crippen molar-refractivity contribution in [3.05, 3.63) is 28.8 Å². The maximum Gasteiger partial charge on any atom is 0.320 e. The van der Waals surface area contributed by atoms with E-state index in [0.717, 1.165) is 50.0 Å². The van der Waals surface area contributed by atoms with Crippen molar-refractivity contribution in [2.75, 3.05) is 13.2 Å². The molecule has 2 rings (SSSR count). The molecule has 134 valence electrons. The summed E-state index contributed by atoms with van der Waals surface area (Å²) >= 11 is 6.24. The average molecular weight is 354 g/mol. The molecule has 0 spiro atoms. The molecule has 1 aliphatic rings. The van der Waals surface area contributed by atoms with E-state index in [4.69, 9.17) is 16.3 Å². The summed E-state index contributed by atoms with van der Waals surface area (Å²) in [5.41, 5.74) is 1.02. The van der Waals surface area contributed by atoms with Crippen LogP contribution in [0.4, 0.5) is 0 Å². The van der Waals surface area contributed by atoms with Gasteiger partial charge < -0.3 is 9.84 Å². The number of rotatable bonds is 8. The van der Waals surface area contributed by atoms with Crippen LogP contribution in [0.3, 0.4) is 0 Å². The van der Waals surface area contributed by atoms with Crippen LogP contribution < -0.4 is 4.74 Å². The van der Waals surface area contributed by atoms with Crippen molar-refractivity contribution in [3.63, 3.8) is 0 Å². The Labute approximate surface area is 149 Å². The first kappa shape index (κ1) is 19.1. The number of piperidine rings is 1. The van der Waals surface area contributed by atoms with Crippen molar-refractivity contribution in [2.45, 2.75) is 64.5 Å². The second kappa shape index (κ2) is 9.28. The molecule has 1 saturated heterocycles. The summed E-state index contributed by atoms with van der Waals surface area (Å²) in [4.78, 5) is 13.9. The SMILES string of the molecule is CCCCC(c1cc(Cl)ccc1OCC)N1CCCCC1C(=O)O. The third kappa shape index (κ3) is 4.64. The number of benzene rings is 1. The molecule has 1 aromatic rings. The molecule has 24 heavy (non-hydrogen) atoms. The lowest BCUT2D eigenvalue weighted by molar-refractivity contribution is -0.146. The smallest absolute Gasteiger partial charge is 0.320 e. The second-order valence-electron chi connectivity index (χ2n) is 6.36. The van der Waals surface area contributed by atoms with Gasteiger partial charge in [-0.05, 0) is 50.9 Å². The van der Waals surface area contributed by atoms with Crippen LogP contribution in [0.5, 0.6) is 5.75 Å². The monoisotopic (exact) mass is 353 g/mol. The number of halogens is 1. The molecule has 0 amide bonds. The van der Waals surface area contributed by atoms with E-state index >= 15 is 0 Å². The Morgan fingerprint density at radius 1 is 1.42 bits per heavy atom. The molecule has 2 atom stereocenters. The molecular weight excluding hydrogens is 326 g/mol. The third-order valence-corrected chi connectivity index (χ3v) is 4.93. The van der Waals surface area contributed by atoms with E-state index in [2.05, 4.69) is 11.8 Å². The van der Waals surface area contributed by atoms with Gasteiger partial charge in [-0.25, -0.2) is 0 Å². The van der Waals surface area contributed by atoms with Gasteiger partial charge in [0, 0.05) is 16.6 Å². The van der Waals surface area contributed by atoms with E-state index in [9.17, 15) is 9.90 Å². The lowest BCUT2D eigenvalue weighted by Crippen LogP contribution is -2.46. The molecule has 4 nitrogen and oxygen atoms in total. The fourth-order valence-corrected chi connectivity index (χ4v) is 3.74. The van der Waals surface area contributed by atoms with E-state index in [0.29, 0.717) is 18.1 Å². The molecule has 0 bridgehead atoms. The summed E-state index contributed by atoms with van der Waals surface area (Å²) in [5, 5.41) is 10.3. The van der Waals surface area contributed by atoms with E-state index in [1.807, 2.05) is 25.1 Å². The zero-order valence-corrected chi connectivity index (χ0v) is 15.4. The maximum absolute atomic E-state index is 11.8. The molecule has 1 N–H and O–H groups in total. The average Bonchev–Trinajstić information content (AvgIpc) is 2.58. The summed E-state index contributed by atoms with van der Waals surface area (Å²) in [6.45, 7) is 5.50. The Morgan fingerprint density at radius 3 is 2.88 bits per heavy atom. The fourth-order valence-electron chi connectivity index (χ4n) is 3.56. The zero-order chi connectivity index (χ0) is 17.5. The standard InChI is InChI=1S/C19H28ClNO3/c1-3-5-8-16(21-12-7-6-9-17(21)19(22)23)15-13-14(20)10-11-18(15)24-4-2/h10-11,13,16-17H,3-9,12H2,1-2H3,(H,22,23). The van der Waals surface area contributed by atoms with Crippen molar-refractivity contribution in [3.8, 4) is 5.75 Å². The van der Waals surface area contributed by atoms with Crippen LogP contribution in [0.2, 0.25) is 5.02 Å². The third-order valence-electron chi connectivity index (χ3n) is 4.69. The zero-order valence-electron chi connectivity index (χ0n) is 14.6. The highest BCUT2D eigenvalue weighted by Gasteiger charge is 2.35. The quantitative estimate of drug-likeness (QED) is 0.721. The Bertz CT molecular complexity index is 549. The molecule has 2 unspecified atom stereocenters. The number of carboxylic acid groups (broad SMARTS) is 1. The van der Waals surface area contributed by atoms with Crippen molar-refractivity contribution in [1.82, 2.24) is 4.90 Å². The number of hydrogen-bond donors (Lipinski definition) is 1. The predicted molar refractivity (Wildman–Crippen MR) is 96.9 cm³/mol. The highest BCUT2D eigenvalue weighted by Crippen LogP contribution is 2.38. The molecule has 0 aromatic heterocycles. The first-order chi connectivity index (χ1) is 11.6. The van der Waals surface area contributed by atoms with Crippen LogP contribution in [0, 0.1) is 0 Å². The van der Waals surface area contributed by atoms with E-state index < -0.39 is 12.0 Å². The summed E-state index contributed by atoms with van der Waals surface area (Å²) in [6.07, 6.45) is 5.76. The molecule has 1 fully saturated rings. The minimum Gasteiger partial charge on any atom is -0.494 e. The Balaban J connectivity index is 2.40. The van der Waals surface area contributed by atoms with Crippen molar-refractivity contribution in [2.24, 2.45) is 0 Å². The Morgan fingerprint density at radius 2 is 2.21 bits per heavy atom. The minimum absolute atomic E-state index is 0.0339. The van der Waals surface area contributed by atoms with Gasteiger partial charge in [0.2, 0.25) is 0 Å². The number of nitrogens with zero attached hydrogens (tertiary/aromatic N) is 1. The van der Waals surface area contributed by atoms with Crippen LogP contribution >= 0.6 is 11.6 Å². The fraction of sp³-hybridized carbons (Fsp3) is 0.632. The number of aliphatic carboxylic acids is 1. The summed E-state index contributed by atoms with van der Waals surface area (Å²) in [5.74, 6) is 0.0916. The molecule has 1 aromatic carbocycles. The van der Waals surface area contributed by atoms with Crippen molar-refractivity contribution >= 4 is 17.6 Å². The number of carboxylic acids is 1. The normalized spacial score (nSPS) is 19.9. The molecule has 0 aliphatic carbocycles. The van der Waals surface area contributed by atoms with E-state index in [1.165, 1.54) is 0 Å². The Kier molecular flexibility index (Phi) is 7.38. The number of ether oxygens (including phenoxy) is 1. The molecule has 1 aliphatic heterocycles. The highest BCUT2D eigenvalue weighted by molar-refractivity contribution is 6.30. The number of likely N-dealkylation sites (tertiary alicyclic amines) is 1. The first-order valence-electron chi connectivity index (χ1n) is 8.99. The van der Waals surface area contributed by atoms with Gasteiger partial charge in [-0.1, -0.05) is 37.8 Å². The van der Waals surface area contributed by atoms with Gasteiger partial charge in [0.1, 0.15) is 11.8 Å². The lowest BCUT2D eigenvalue weighted by atomic mass is 9.92.